The predicted octanol–water partition coefficient (Wildman–Crippen LogP) is 4.00. The molecule has 0 spiro atoms. The molecule has 0 unspecified atom stereocenters. The summed E-state index contributed by atoms with van der Waals surface area (Å²) in [5, 5.41) is 9.70. The minimum Gasteiger partial charge on any atom is -0.480 e. The number of fused-ring (bicyclic) bond motifs is 1. The zero-order valence-corrected chi connectivity index (χ0v) is 22.4. The summed E-state index contributed by atoms with van der Waals surface area (Å²) in [6.45, 7) is 2.86. The maximum atomic E-state index is 13.8. The van der Waals surface area contributed by atoms with Crippen LogP contribution in [0, 0.1) is 11.8 Å². The fraction of sp³-hybridized carbons (Fsp3) is 0.308. The third-order valence-electron chi connectivity index (χ3n) is 6.29. The molecular formula is C26H25F3N8O2S. The highest BCUT2D eigenvalue weighted by Gasteiger charge is 2.35. The maximum absolute atomic E-state index is 13.8. The smallest absolute Gasteiger partial charge is 0.416 e. The Bertz CT molecular complexity index is 1580. The molecule has 1 aromatic carbocycles. The van der Waals surface area contributed by atoms with Gasteiger partial charge in [-0.25, -0.2) is 19.3 Å². The topological polar surface area (TPSA) is 99.9 Å². The Balaban J connectivity index is 1.29. The monoisotopic (exact) mass is 570 g/mol. The van der Waals surface area contributed by atoms with E-state index in [2.05, 4.69) is 42.4 Å². The van der Waals surface area contributed by atoms with Gasteiger partial charge in [-0.2, -0.15) is 13.2 Å². The molecule has 0 bridgehead atoms. The van der Waals surface area contributed by atoms with Crippen LogP contribution in [0.4, 0.5) is 28.8 Å². The Morgan fingerprint density at radius 3 is 2.62 bits per heavy atom. The Morgan fingerprint density at radius 2 is 1.88 bits per heavy atom. The molecule has 1 aliphatic rings. The van der Waals surface area contributed by atoms with Crippen LogP contribution in [-0.2, 0) is 12.7 Å². The van der Waals surface area contributed by atoms with Crippen LogP contribution in [0.1, 0.15) is 21.7 Å². The summed E-state index contributed by atoms with van der Waals surface area (Å²) in [6, 6.07) is 6.54. The number of nitrogens with zero attached hydrogens (tertiary/aromatic N) is 6. The van der Waals surface area contributed by atoms with Crippen molar-refractivity contribution in [2.45, 2.75) is 12.7 Å². The van der Waals surface area contributed by atoms with Crippen LogP contribution < -0.4 is 15.4 Å². The summed E-state index contributed by atoms with van der Waals surface area (Å²) in [6.07, 6.45) is -1.48. The number of likely N-dealkylation sites (N-methyl/N-ethyl adjacent to an activating group) is 1. The van der Waals surface area contributed by atoms with E-state index < -0.39 is 17.8 Å². The molecule has 3 aromatic heterocycles. The average molecular weight is 571 g/mol. The van der Waals surface area contributed by atoms with Gasteiger partial charge >= 0.3 is 12.2 Å². The molecule has 1 saturated heterocycles. The standard InChI is InChI=1S/C26H25F3N8O2S/c1-35-10-12-36(13-11-35)16-19-20(26(27,28)29)4-3-5-21(19)32-24(38)33-25-31-15-18(40-25)7-6-17-14-30-22-8-9-23(39-2)34-37(17)22/h3-5,8-9,14-15H,10-13,16H2,1-2H3,(H2,31,32,33,38). The first-order valence-electron chi connectivity index (χ1n) is 12.2. The third kappa shape index (κ3) is 6.33. The first-order chi connectivity index (χ1) is 19.2. The molecule has 14 heteroatoms. The van der Waals surface area contributed by atoms with Gasteiger partial charge in [-0.05, 0) is 37.1 Å². The lowest BCUT2D eigenvalue weighted by molar-refractivity contribution is -0.138. The number of piperazine rings is 1. The lowest BCUT2D eigenvalue weighted by atomic mass is 10.0. The van der Waals surface area contributed by atoms with E-state index in [4.69, 9.17) is 4.74 Å². The van der Waals surface area contributed by atoms with E-state index in [-0.39, 0.29) is 22.9 Å². The molecule has 1 fully saturated rings. The van der Waals surface area contributed by atoms with Gasteiger partial charge in [0.1, 0.15) is 5.69 Å². The molecule has 0 saturated carbocycles. The molecule has 10 nitrogen and oxygen atoms in total. The van der Waals surface area contributed by atoms with E-state index in [9.17, 15) is 18.0 Å². The number of alkyl halides is 3. The molecule has 2 amide bonds. The van der Waals surface area contributed by atoms with Gasteiger partial charge in [-0.1, -0.05) is 17.4 Å². The van der Waals surface area contributed by atoms with Crippen LogP contribution in [0.5, 0.6) is 5.88 Å². The number of nitrogens with one attached hydrogen (secondary N) is 2. The third-order valence-corrected chi connectivity index (χ3v) is 7.12. The number of carbonyl (C=O) groups excluding carboxylic acids is 1. The Kier molecular flexibility index (Phi) is 7.88. The molecule has 40 heavy (non-hydrogen) atoms. The summed E-state index contributed by atoms with van der Waals surface area (Å²) in [7, 11) is 3.49. The molecule has 4 aromatic rings. The maximum Gasteiger partial charge on any atom is 0.416 e. The molecule has 0 radical (unpaired) electrons. The fourth-order valence-electron chi connectivity index (χ4n) is 4.19. The number of rotatable bonds is 5. The molecule has 0 atom stereocenters. The van der Waals surface area contributed by atoms with Gasteiger partial charge in [-0.3, -0.25) is 10.2 Å². The molecule has 1 aliphatic heterocycles. The first-order valence-corrected chi connectivity index (χ1v) is 13.1. The largest absolute Gasteiger partial charge is 0.480 e. The minimum atomic E-state index is -4.56. The van der Waals surface area contributed by atoms with E-state index in [0.717, 1.165) is 30.5 Å². The second kappa shape index (κ2) is 11.5. The van der Waals surface area contributed by atoms with Gasteiger partial charge < -0.3 is 15.0 Å². The quantitative estimate of drug-likeness (QED) is 0.350. The molecule has 0 aliphatic carbocycles. The summed E-state index contributed by atoms with van der Waals surface area (Å²) >= 11 is 1.12. The van der Waals surface area contributed by atoms with Crippen LogP contribution in [0.3, 0.4) is 0 Å². The zero-order chi connectivity index (χ0) is 28.3. The number of aromatic nitrogens is 4. The highest BCUT2D eigenvalue weighted by molar-refractivity contribution is 7.16. The summed E-state index contributed by atoms with van der Waals surface area (Å²) in [5.74, 6) is 6.35. The van der Waals surface area contributed by atoms with E-state index >= 15 is 0 Å². The zero-order valence-electron chi connectivity index (χ0n) is 21.6. The van der Waals surface area contributed by atoms with Crippen molar-refractivity contribution in [3.05, 3.63) is 64.4 Å². The number of methoxy groups -OCH3 is 1. The van der Waals surface area contributed by atoms with Crippen molar-refractivity contribution >= 4 is 33.8 Å². The number of carbonyl (C=O) groups is 1. The van der Waals surface area contributed by atoms with Crippen molar-refractivity contribution < 1.29 is 22.7 Å². The van der Waals surface area contributed by atoms with Gasteiger partial charge in [0, 0.05) is 50.0 Å². The van der Waals surface area contributed by atoms with Gasteiger partial charge in [-0.15, -0.1) is 5.10 Å². The molecule has 5 rings (SSSR count). The number of halogens is 3. The average Bonchev–Trinajstić information content (AvgIpc) is 3.55. The Morgan fingerprint density at radius 1 is 1.07 bits per heavy atom. The number of thiazole rings is 1. The number of anilines is 2. The lowest BCUT2D eigenvalue weighted by Crippen LogP contribution is -2.44. The van der Waals surface area contributed by atoms with E-state index in [0.29, 0.717) is 35.2 Å². The molecule has 2 N–H and O–H groups in total. The van der Waals surface area contributed by atoms with Crippen molar-refractivity contribution in [1.29, 1.82) is 0 Å². The second-order valence-electron chi connectivity index (χ2n) is 9.06. The van der Waals surface area contributed by atoms with Crippen LogP contribution >= 0.6 is 11.3 Å². The highest BCUT2D eigenvalue weighted by Crippen LogP contribution is 2.36. The fourth-order valence-corrected chi connectivity index (χ4v) is 4.85. The van der Waals surface area contributed by atoms with Crippen LogP contribution in [0.15, 0.2) is 42.7 Å². The van der Waals surface area contributed by atoms with Crippen molar-refractivity contribution in [3.8, 4) is 17.7 Å². The van der Waals surface area contributed by atoms with Crippen LogP contribution in [-0.4, -0.2) is 75.7 Å². The van der Waals surface area contributed by atoms with Crippen molar-refractivity contribution in [2.24, 2.45) is 0 Å². The number of hydrogen-bond donors (Lipinski definition) is 2. The highest BCUT2D eigenvalue weighted by atomic mass is 32.1. The van der Waals surface area contributed by atoms with Crippen molar-refractivity contribution in [2.75, 3.05) is 51.0 Å². The lowest BCUT2D eigenvalue weighted by Gasteiger charge is -2.33. The Hall–Kier alpha value is -4.19. The summed E-state index contributed by atoms with van der Waals surface area (Å²) < 4.78 is 48.2. The number of amides is 2. The number of imidazole rings is 1. The van der Waals surface area contributed by atoms with Crippen LogP contribution in [0.2, 0.25) is 0 Å². The van der Waals surface area contributed by atoms with Crippen LogP contribution in [0.25, 0.3) is 5.65 Å². The minimum absolute atomic E-state index is 0.0265. The number of benzene rings is 1. The van der Waals surface area contributed by atoms with E-state index in [1.54, 1.807) is 22.8 Å². The van der Waals surface area contributed by atoms with Crippen molar-refractivity contribution in [3.63, 3.8) is 0 Å². The number of hydrogen-bond acceptors (Lipinski definition) is 8. The number of urea groups is 1. The Labute approximate surface area is 231 Å². The first kappa shape index (κ1) is 27.4. The predicted molar refractivity (Wildman–Crippen MR) is 144 cm³/mol. The van der Waals surface area contributed by atoms with Gasteiger partial charge in [0.15, 0.2) is 10.8 Å². The van der Waals surface area contributed by atoms with E-state index in [1.165, 1.54) is 25.4 Å². The molecule has 4 heterocycles. The summed E-state index contributed by atoms with van der Waals surface area (Å²) in [4.78, 5) is 25.8. The molecule has 208 valence electrons. The normalized spacial score (nSPS) is 14.5. The van der Waals surface area contributed by atoms with Crippen molar-refractivity contribution in [1.82, 2.24) is 29.4 Å². The van der Waals surface area contributed by atoms with Gasteiger partial charge in [0.05, 0.1) is 29.9 Å². The second-order valence-corrected chi connectivity index (χ2v) is 10.1. The SMILES string of the molecule is COc1ccc2ncc(C#Cc3cnc(NC(=O)Nc4cccc(C(F)(F)F)c4CN4CCN(C)CC4)s3)n2n1. The van der Waals surface area contributed by atoms with E-state index in [1.807, 2.05) is 11.9 Å². The summed E-state index contributed by atoms with van der Waals surface area (Å²) in [5.41, 5.74) is 0.495. The number of ether oxygens (including phenoxy) is 1. The molecular weight excluding hydrogens is 545 g/mol. The van der Waals surface area contributed by atoms with Gasteiger partial charge in [0.25, 0.3) is 0 Å². The van der Waals surface area contributed by atoms with Gasteiger partial charge in [0.2, 0.25) is 5.88 Å².